The van der Waals surface area contributed by atoms with Crippen molar-refractivity contribution in [1.82, 2.24) is 20.4 Å². The van der Waals surface area contributed by atoms with Crippen molar-refractivity contribution in [1.29, 1.82) is 0 Å². The molecule has 2 atom stereocenters. The van der Waals surface area contributed by atoms with E-state index in [1.807, 2.05) is 24.3 Å². The summed E-state index contributed by atoms with van der Waals surface area (Å²) in [7, 11) is 0. The number of aromatic nitrogens is 2. The van der Waals surface area contributed by atoms with E-state index in [4.69, 9.17) is 0 Å². The molecule has 0 unspecified atom stereocenters. The van der Waals surface area contributed by atoms with Crippen LogP contribution in [0.3, 0.4) is 0 Å². The Balaban J connectivity index is 1.70. The summed E-state index contributed by atoms with van der Waals surface area (Å²) in [4.78, 5) is 26.6. The molecule has 2 fully saturated rings. The molecule has 1 saturated carbocycles. The molecule has 2 aromatic rings. The largest absolute Gasteiger partial charge is 0.350 e. The second kappa shape index (κ2) is 5.12. The van der Waals surface area contributed by atoms with Crippen molar-refractivity contribution >= 4 is 22.7 Å². The van der Waals surface area contributed by atoms with Crippen molar-refractivity contribution in [2.45, 2.75) is 37.8 Å². The van der Waals surface area contributed by atoms with E-state index in [0.717, 1.165) is 36.6 Å². The number of benzene rings is 1. The first-order valence-electron chi connectivity index (χ1n) is 7.77. The van der Waals surface area contributed by atoms with Crippen molar-refractivity contribution < 1.29 is 9.59 Å². The number of hydrogen-bond acceptors (Lipinski definition) is 3. The number of carbonyl (C=O) groups excluding carboxylic acids is 2. The van der Waals surface area contributed by atoms with Crippen LogP contribution >= 0.6 is 0 Å². The molecule has 1 aromatic carbocycles. The molecule has 6 nitrogen and oxygen atoms in total. The molecule has 6 heteroatoms. The van der Waals surface area contributed by atoms with Crippen LogP contribution in [0.2, 0.25) is 0 Å². The zero-order valence-corrected chi connectivity index (χ0v) is 12.2. The van der Waals surface area contributed by atoms with Crippen molar-refractivity contribution in [3.8, 4) is 0 Å². The summed E-state index contributed by atoms with van der Waals surface area (Å²) >= 11 is 0. The quantitative estimate of drug-likeness (QED) is 0.836. The van der Waals surface area contributed by atoms with Crippen LogP contribution in [0.4, 0.5) is 0 Å². The summed E-state index contributed by atoms with van der Waals surface area (Å²) < 4.78 is 0. The summed E-state index contributed by atoms with van der Waals surface area (Å²) in [6, 6.07) is 7.75. The number of nitrogens with one attached hydrogen (secondary N) is 2. The van der Waals surface area contributed by atoms with Crippen molar-refractivity contribution in [3.05, 3.63) is 30.0 Å². The summed E-state index contributed by atoms with van der Waals surface area (Å²) in [5.74, 6) is -0.222. The predicted octanol–water partition coefficient (Wildman–Crippen LogP) is 1.45. The van der Waals surface area contributed by atoms with E-state index in [0.29, 0.717) is 5.69 Å². The minimum atomic E-state index is -0.149. The second-order valence-electron chi connectivity index (χ2n) is 6.08. The SMILES string of the molecule is O=C1CN(C(=O)c2n[nH]c3ccccc23)[C@H]2CCCC[C@H]2N1. The summed E-state index contributed by atoms with van der Waals surface area (Å²) in [5.41, 5.74) is 1.25. The maximum Gasteiger partial charge on any atom is 0.275 e. The van der Waals surface area contributed by atoms with Crippen LogP contribution in [0.15, 0.2) is 24.3 Å². The first-order chi connectivity index (χ1) is 10.7. The Bertz CT molecular complexity index is 739. The van der Waals surface area contributed by atoms with Crippen LogP contribution in [0.5, 0.6) is 0 Å². The van der Waals surface area contributed by atoms with Crippen molar-refractivity contribution in [2.75, 3.05) is 6.54 Å². The van der Waals surface area contributed by atoms with Gasteiger partial charge in [0.05, 0.1) is 11.6 Å². The zero-order chi connectivity index (χ0) is 15.1. The smallest absolute Gasteiger partial charge is 0.275 e. The number of H-pyrrole nitrogens is 1. The van der Waals surface area contributed by atoms with Crippen molar-refractivity contribution in [3.63, 3.8) is 0 Å². The van der Waals surface area contributed by atoms with E-state index in [1.165, 1.54) is 0 Å². The molecule has 0 radical (unpaired) electrons. The second-order valence-corrected chi connectivity index (χ2v) is 6.08. The molecule has 0 bridgehead atoms. The number of piperazine rings is 1. The number of aromatic amines is 1. The van der Waals surface area contributed by atoms with E-state index in [9.17, 15) is 9.59 Å². The molecule has 0 spiro atoms. The number of nitrogens with zero attached hydrogens (tertiary/aromatic N) is 2. The average molecular weight is 298 g/mol. The highest BCUT2D eigenvalue weighted by molar-refractivity contribution is 6.06. The molecule has 22 heavy (non-hydrogen) atoms. The first kappa shape index (κ1) is 13.3. The lowest BCUT2D eigenvalue weighted by Crippen LogP contribution is -2.62. The fourth-order valence-corrected chi connectivity index (χ4v) is 3.66. The Morgan fingerprint density at radius 3 is 2.95 bits per heavy atom. The van der Waals surface area contributed by atoms with E-state index >= 15 is 0 Å². The third-order valence-corrected chi connectivity index (χ3v) is 4.72. The number of hydrogen-bond donors (Lipinski definition) is 2. The van der Waals surface area contributed by atoms with E-state index in [1.54, 1.807) is 4.90 Å². The van der Waals surface area contributed by atoms with Gasteiger partial charge in [-0.3, -0.25) is 14.7 Å². The van der Waals surface area contributed by atoms with Crippen LogP contribution in [0.25, 0.3) is 10.9 Å². The molecule has 4 rings (SSSR count). The number of rotatable bonds is 1. The van der Waals surface area contributed by atoms with Gasteiger partial charge in [-0.2, -0.15) is 5.10 Å². The summed E-state index contributed by atoms with van der Waals surface area (Å²) in [6.07, 6.45) is 4.09. The van der Waals surface area contributed by atoms with Crippen LogP contribution < -0.4 is 5.32 Å². The molecule has 1 aromatic heterocycles. The van der Waals surface area contributed by atoms with E-state index in [-0.39, 0.29) is 30.4 Å². The Morgan fingerprint density at radius 2 is 2.05 bits per heavy atom. The maximum absolute atomic E-state index is 12.9. The molecular formula is C16H18N4O2. The van der Waals surface area contributed by atoms with Gasteiger partial charge in [0.1, 0.15) is 6.54 Å². The van der Waals surface area contributed by atoms with Gasteiger partial charge in [0.25, 0.3) is 5.91 Å². The standard InChI is InChI=1S/C16H18N4O2/c21-14-9-20(13-8-4-3-7-12(13)17-14)16(22)15-10-5-1-2-6-11(10)18-19-15/h1-2,5-6,12-13H,3-4,7-9H2,(H,17,21)(H,18,19)/t12-,13+/m1/s1. The fourth-order valence-electron chi connectivity index (χ4n) is 3.66. The zero-order valence-electron chi connectivity index (χ0n) is 12.2. The molecule has 2 N–H and O–H groups in total. The molecule has 1 aliphatic carbocycles. The summed E-state index contributed by atoms with van der Waals surface area (Å²) in [6.45, 7) is 0.126. The van der Waals surface area contributed by atoms with Gasteiger partial charge in [-0.25, -0.2) is 0 Å². The first-order valence-corrected chi connectivity index (χ1v) is 7.77. The minimum Gasteiger partial charge on any atom is -0.350 e. The highest BCUT2D eigenvalue weighted by Crippen LogP contribution is 2.28. The third kappa shape index (κ3) is 2.06. The van der Waals surface area contributed by atoms with E-state index in [2.05, 4.69) is 15.5 Å². The van der Waals surface area contributed by atoms with Crippen LogP contribution in [0, 0.1) is 0 Å². The number of carbonyl (C=O) groups is 2. The van der Waals surface area contributed by atoms with Crippen molar-refractivity contribution in [2.24, 2.45) is 0 Å². The third-order valence-electron chi connectivity index (χ3n) is 4.72. The Morgan fingerprint density at radius 1 is 1.23 bits per heavy atom. The lowest BCUT2D eigenvalue weighted by atomic mass is 9.87. The molecule has 114 valence electrons. The summed E-state index contributed by atoms with van der Waals surface area (Å²) in [5, 5.41) is 10.9. The highest BCUT2D eigenvalue weighted by Gasteiger charge is 2.39. The average Bonchev–Trinajstić information content (AvgIpc) is 2.97. The molecule has 2 heterocycles. The minimum absolute atomic E-state index is 0.0728. The Labute approximate surface area is 127 Å². The van der Waals surface area contributed by atoms with Gasteiger partial charge in [-0.05, 0) is 18.9 Å². The van der Waals surface area contributed by atoms with Gasteiger partial charge in [0.15, 0.2) is 5.69 Å². The normalized spacial score (nSPS) is 24.9. The van der Waals surface area contributed by atoms with Crippen LogP contribution in [-0.2, 0) is 4.79 Å². The molecule has 2 aliphatic rings. The van der Waals surface area contributed by atoms with Crippen LogP contribution in [0.1, 0.15) is 36.2 Å². The van der Waals surface area contributed by atoms with Crippen LogP contribution in [-0.4, -0.2) is 45.5 Å². The molecule has 2 amide bonds. The van der Waals surface area contributed by atoms with Gasteiger partial charge in [-0.15, -0.1) is 0 Å². The van der Waals surface area contributed by atoms with Gasteiger partial charge >= 0.3 is 0 Å². The fraction of sp³-hybridized carbons (Fsp3) is 0.438. The lowest BCUT2D eigenvalue weighted by molar-refractivity contribution is -0.127. The highest BCUT2D eigenvalue weighted by atomic mass is 16.2. The van der Waals surface area contributed by atoms with Gasteiger partial charge in [0, 0.05) is 11.4 Å². The Kier molecular flexibility index (Phi) is 3.10. The number of amides is 2. The monoisotopic (exact) mass is 298 g/mol. The number of fused-ring (bicyclic) bond motifs is 2. The molecule has 1 aliphatic heterocycles. The predicted molar refractivity (Wildman–Crippen MR) is 81.3 cm³/mol. The van der Waals surface area contributed by atoms with Gasteiger partial charge in [-0.1, -0.05) is 31.0 Å². The Hall–Kier alpha value is -2.37. The van der Waals surface area contributed by atoms with Gasteiger partial charge < -0.3 is 10.2 Å². The molecular weight excluding hydrogens is 280 g/mol. The lowest BCUT2D eigenvalue weighted by Gasteiger charge is -2.43. The topological polar surface area (TPSA) is 78.1 Å². The molecule has 1 saturated heterocycles. The van der Waals surface area contributed by atoms with E-state index < -0.39 is 0 Å². The van der Waals surface area contributed by atoms with Gasteiger partial charge in [0.2, 0.25) is 5.91 Å². The maximum atomic E-state index is 12.9. The number of para-hydroxylation sites is 1.